The lowest BCUT2D eigenvalue weighted by molar-refractivity contribution is 1.28. The van der Waals surface area contributed by atoms with Gasteiger partial charge in [-0.15, -0.1) is 0 Å². The standard InChI is InChI=1S/3C48H35N/c1-5-15-36(16-6-1)38-25-29-42(30-26-38)49(43-31-27-39(28-32-43)37-17-7-2-8-18-37)44-33-34-47(48(35-44)41-21-11-4-12-22-41)46-24-14-13-23-45(46)40-19-9-3-10-20-40;1-5-14-36(15-6-1)39-24-28-44(29-25-39)49(45-30-26-40(27-31-45)37-16-7-2-8-17-37)46-32-33-47(48(35-46)41-20-11-4-12-21-41)43-23-13-22-42(34-43)38-18-9-3-10-19-38;1-5-13-36(14-6-1)39-21-23-43(24-22-39)47-34-33-46(35-48(47)42-19-11-4-12-20-42)49(44-29-25-40(26-30-44)37-15-7-2-8-16-37)45-31-27-41(28-32-45)38-17-9-3-10-18-38/h3*1-35H. The van der Waals surface area contributed by atoms with Crippen molar-refractivity contribution < 1.29 is 0 Å². The SMILES string of the molecule is c1ccc(-c2ccc(-c3ccc(N(c4ccc(-c5ccccc5)cc4)c4ccc(-c5ccccc5)cc4)cc3-c3ccccc3)cc2)cc1.c1ccc(-c2ccc(N(c3ccc(-c4ccccc4)cc3)c3ccc(-c4cccc(-c5ccccc5)c4)c(-c4ccccc4)c3)cc2)cc1.c1ccc(-c2ccc(N(c3ccc(-c4ccccc4)cc3)c3ccc(-c4ccccc4-c4ccccc4)c(-c4ccccc4)c3)cc2)cc1. The summed E-state index contributed by atoms with van der Waals surface area (Å²) in [5.41, 5.74) is 46.0. The van der Waals surface area contributed by atoms with Crippen LogP contribution in [0.2, 0.25) is 0 Å². The molecule has 24 aromatic rings. The van der Waals surface area contributed by atoms with Gasteiger partial charge in [0.15, 0.2) is 0 Å². The van der Waals surface area contributed by atoms with E-state index in [1.165, 1.54) is 167 Å². The van der Waals surface area contributed by atoms with Gasteiger partial charge in [0, 0.05) is 51.2 Å². The Morgan fingerprint density at radius 1 is 0.0680 bits per heavy atom. The molecule has 0 saturated carbocycles. The maximum atomic E-state index is 2.36. The molecule has 696 valence electrons. The van der Waals surface area contributed by atoms with Gasteiger partial charge in [-0.25, -0.2) is 0 Å². The van der Waals surface area contributed by atoms with Crippen molar-refractivity contribution in [3.63, 3.8) is 0 Å². The van der Waals surface area contributed by atoms with Crippen LogP contribution in [0.25, 0.3) is 167 Å². The molecule has 0 aliphatic heterocycles. The minimum absolute atomic E-state index is 1.10. The third-order valence-electron chi connectivity index (χ3n) is 27.3. The minimum atomic E-state index is 1.10. The van der Waals surface area contributed by atoms with Gasteiger partial charge >= 0.3 is 0 Å². The highest BCUT2D eigenvalue weighted by molar-refractivity contribution is 5.97. The summed E-state index contributed by atoms with van der Waals surface area (Å²) in [4.78, 5) is 7.08. The molecule has 0 atom stereocenters. The van der Waals surface area contributed by atoms with Crippen molar-refractivity contribution in [2.45, 2.75) is 0 Å². The molecule has 0 amide bonds. The second-order valence-electron chi connectivity index (χ2n) is 36.6. The summed E-state index contributed by atoms with van der Waals surface area (Å²) >= 11 is 0. The molecule has 3 heteroatoms. The van der Waals surface area contributed by atoms with Crippen LogP contribution in [0.1, 0.15) is 0 Å². The van der Waals surface area contributed by atoms with Gasteiger partial charge in [-0.2, -0.15) is 0 Å². The van der Waals surface area contributed by atoms with E-state index in [4.69, 9.17) is 0 Å². The van der Waals surface area contributed by atoms with E-state index in [1.807, 2.05) is 0 Å². The fourth-order valence-corrected chi connectivity index (χ4v) is 19.8. The number of anilines is 9. The van der Waals surface area contributed by atoms with Crippen LogP contribution in [-0.4, -0.2) is 0 Å². The van der Waals surface area contributed by atoms with Crippen molar-refractivity contribution in [2.24, 2.45) is 0 Å². The summed E-state index contributed by atoms with van der Waals surface area (Å²) in [5.74, 6) is 0. The van der Waals surface area contributed by atoms with E-state index in [-0.39, 0.29) is 0 Å². The summed E-state index contributed by atoms with van der Waals surface area (Å²) < 4.78 is 0. The first-order valence-electron chi connectivity index (χ1n) is 50.3. The number of rotatable bonds is 24. The van der Waals surface area contributed by atoms with Gasteiger partial charge in [-0.05, 0) is 282 Å². The molecule has 0 N–H and O–H groups in total. The Hall–Kier alpha value is -19.3. The highest BCUT2D eigenvalue weighted by Crippen LogP contribution is 2.49. The smallest absolute Gasteiger partial charge is 0.0468 e. The van der Waals surface area contributed by atoms with Crippen LogP contribution in [0.4, 0.5) is 51.2 Å². The Morgan fingerprint density at radius 3 is 0.456 bits per heavy atom. The van der Waals surface area contributed by atoms with Crippen molar-refractivity contribution in [1.29, 1.82) is 0 Å². The van der Waals surface area contributed by atoms with E-state index in [0.717, 1.165) is 51.2 Å². The van der Waals surface area contributed by atoms with Crippen LogP contribution < -0.4 is 14.7 Å². The Labute approximate surface area is 863 Å². The molecule has 3 nitrogen and oxygen atoms in total. The molecule has 0 spiro atoms. The van der Waals surface area contributed by atoms with Crippen LogP contribution in [0.3, 0.4) is 0 Å². The molecule has 0 radical (unpaired) electrons. The van der Waals surface area contributed by atoms with Crippen molar-refractivity contribution in [3.8, 4) is 167 Å². The monoisotopic (exact) mass is 1880 g/mol. The summed E-state index contributed by atoms with van der Waals surface area (Å²) in [6.07, 6.45) is 0. The molecule has 0 aliphatic carbocycles. The average Bonchev–Trinajstić information content (AvgIpc) is 0.850. The Kier molecular flexibility index (Phi) is 28.2. The lowest BCUT2D eigenvalue weighted by atomic mass is 9.89. The van der Waals surface area contributed by atoms with Crippen molar-refractivity contribution in [2.75, 3.05) is 14.7 Å². The van der Waals surface area contributed by atoms with E-state index in [1.54, 1.807) is 0 Å². The van der Waals surface area contributed by atoms with E-state index < -0.39 is 0 Å². The maximum Gasteiger partial charge on any atom is 0.0468 e. The molecule has 147 heavy (non-hydrogen) atoms. The van der Waals surface area contributed by atoms with Gasteiger partial charge < -0.3 is 14.7 Å². The molecule has 0 aliphatic rings. The average molecular weight is 1880 g/mol. The van der Waals surface area contributed by atoms with Crippen LogP contribution in [0.5, 0.6) is 0 Å². The molecule has 0 saturated heterocycles. The molecular formula is C144H105N3. The first kappa shape index (κ1) is 92.7. The predicted molar refractivity (Wildman–Crippen MR) is 625 cm³/mol. The quantitative estimate of drug-likeness (QED) is 0.0597. The molecule has 0 aromatic heterocycles. The predicted octanol–water partition coefficient (Wildman–Crippen LogP) is 40.5. The Morgan fingerprint density at radius 2 is 0.204 bits per heavy atom. The van der Waals surface area contributed by atoms with Gasteiger partial charge in [-0.3, -0.25) is 0 Å². The number of benzene rings is 24. The summed E-state index contributed by atoms with van der Waals surface area (Å²) in [6.45, 7) is 0. The van der Waals surface area contributed by atoms with Gasteiger partial charge in [0.2, 0.25) is 0 Å². The topological polar surface area (TPSA) is 9.72 Å². The minimum Gasteiger partial charge on any atom is -0.310 e. The third kappa shape index (κ3) is 21.5. The Bertz CT molecular complexity index is 8160. The van der Waals surface area contributed by atoms with Crippen LogP contribution in [0.15, 0.2) is 637 Å². The van der Waals surface area contributed by atoms with Crippen LogP contribution in [0, 0.1) is 0 Å². The van der Waals surface area contributed by atoms with E-state index in [0.29, 0.717) is 0 Å². The summed E-state index contributed by atoms with van der Waals surface area (Å²) in [5, 5.41) is 0. The van der Waals surface area contributed by atoms with Crippen molar-refractivity contribution in [1.82, 2.24) is 0 Å². The highest BCUT2D eigenvalue weighted by Gasteiger charge is 2.24. The second-order valence-corrected chi connectivity index (χ2v) is 36.6. The van der Waals surface area contributed by atoms with E-state index in [9.17, 15) is 0 Å². The molecule has 24 aromatic carbocycles. The first-order valence-corrected chi connectivity index (χ1v) is 50.3. The molecule has 0 unspecified atom stereocenters. The number of hydrogen-bond donors (Lipinski definition) is 0. The zero-order chi connectivity index (χ0) is 98.5. The molecule has 0 heterocycles. The molecule has 0 bridgehead atoms. The lowest BCUT2D eigenvalue weighted by Gasteiger charge is -2.27. The third-order valence-corrected chi connectivity index (χ3v) is 27.3. The van der Waals surface area contributed by atoms with Crippen molar-refractivity contribution >= 4 is 51.2 Å². The summed E-state index contributed by atoms with van der Waals surface area (Å²) in [7, 11) is 0. The van der Waals surface area contributed by atoms with Gasteiger partial charge in [0.25, 0.3) is 0 Å². The zero-order valence-corrected chi connectivity index (χ0v) is 81.5. The highest BCUT2D eigenvalue weighted by atomic mass is 15.2. The first-order chi connectivity index (χ1) is 72.9. The van der Waals surface area contributed by atoms with E-state index >= 15 is 0 Å². The van der Waals surface area contributed by atoms with E-state index in [2.05, 4.69) is 652 Å². The van der Waals surface area contributed by atoms with Gasteiger partial charge in [0.05, 0.1) is 0 Å². The fourth-order valence-electron chi connectivity index (χ4n) is 19.8. The zero-order valence-electron chi connectivity index (χ0n) is 81.5. The van der Waals surface area contributed by atoms with Gasteiger partial charge in [0.1, 0.15) is 0 Å². The normalized spacial score (nSPS) is 10.9. The number of hydrogen-bond acceptors (Lipinski definition) is 3. The van der Waals surface area contributed by atoms with Crippen molar-refractivity contribution in [3.05, 3.63) is 637 Å². The van der Waals surface area contributed by atoms with Gasteiger partial charge in [-0.1, -0.05) is 522 Å². The number of nitrogens with zero attached hydrogens (tertiary/aromatic N) is 3. The fraction of sp³-hybridized carbons (Fsp3) is 0. The van der Waals surface area contributed by atoms with Crippen LogP contribution in [-0.2, 0) is 0 Å². The second kappa shape index (κ2) is 44.7. The Balaban J connectivity index is 0.000000125. The summed E-state index contributed by atoms with van der Waals surface area (Å²) in [6, 6.07) is 228. The maximum absolute atomic E-state index is 2.36. The van der Waals surface area contributed by atoms with Crippen LogP contribution >= 0.6 is 0 Å². The molecular weight excluding hydrogens is 1770 g/mol. The lowest BCUT2D eigenvalue weighted by Crippen LogP contribution is -2.10. The molecule has 0 fully saturated rings. The largest absolute Gasteiger partial charge is 0.310 e. The molecule has 24 rings (SSSR count).